The molecule has 0 rings (SSSR count). The molecule has 0 fully saturated rings. The van der Waals surface area contributed by atoms with Crippen LogP contribution in [0.4, 0.5) is 0 Å². The van der Waals surface area contributed by atoms with E-state index >= 15 is 0 Å². The Bertz CT molecular complexity index is 3.25. The fourth-order valence-electron chi connectivity index (χ4n) is 0. The zero-order chi connectivity index (χ0) is 0. The molecule has 0 aromatic rings. The summed E-state index contributed by atoms with van der Waals surface area (Å²) in [7, 11) is 0. The van der Waals surface area contributed by atoms with Crippen LogP contribution in [0.3, 0.4) is 0 Å². The van der Waals surface area contributed by atoms with Crippen molar-refractivity contribution >= 4 is 52.1 Å². The molecule has 4 heavy (non-hydrogen) atoms. The monoisotopic (exact) mass is 261 g/mol. The molecule has 4 heteroatoms. The smallest absolute Gasteiger partial charge is 0 e. The second-order valence-electron chi connectivity index (χ2n) is 0. The van der Waals surface area contributed by atoms with Crippen LogP contribution in [-0.2, 0) is 25.8 Å². The van der Waals surface area contributed by atoms with Gasteiger partial charge in [0.1, 0.15) is 0 Å². The third-order valence-electron chi connectivity index (χ3n) is 0. The van der Waals surface area contributed by atoms with Gasteiger partial charge < -0.3 is 0 Å². The van der Waals surface area contributed by atoms with Gasteiger partial charge in [0.2, 0.25) is 0 Å². The molecule has 0 aliphatic carbocycles. The molecule has 0 spiro atoms. The van der Waals surface area contributed by atoms with Gasteiger partial charge in [0.05, 0.1) is 0 Å². The quantitative estimate of drug-likeness (QED) is 0.482. The molecule has 0 amide bonds. The summed E-state index contributed by atoms with van der Waals surface area (Å²) in [5, 5.41) is 0. The summed E-state index contributed by atoms with van der Waals surface area (Å²) >= 11 is 0. The van der Waals surface area contributed by atoms with Gasteiger partial charge >= 0.3 is 0 Å². The Morgan fingerprint density at radius 3 is 0.500 bits per heavy atom. The SMILES string of the molecule is [Al].[Al].[Al].[Hf]. The fraction of sp³-hybridized carbons (Fsp3) is 0. The molecule has 0 saturated carbocycles. The zero-order valence-corrected chi connectivity index (χ0v) is 9.29. The Hall–Kier alpha value is 2.47. The molecule has 0 N–H and O–H groups in total. The van der Waals surface area contributed by atoms with Gasteiger partial charge in [-0.25, -0.2) is 0 Å². The molecule has 0 nitrogen and oxygen atoms in total. The van der Waals surface area contributed by atoms with Gasteiger partial charge in [-0.2, -0.15) is 0 Å². The molecule has 9 radical (unpaired) electrons. The normalized spacial score (nSPS) is 0. The number of rotatable bonds is 0. The molecule has 0 aromatic carbocycles. The maximum absolute atomic E-state index is 0. The summed E-state index contributed by atoms with van der Waals surface area (Å²) in [5.74, 6) is 0. The Balaban J connectivity index is 0. The van der Waals surface area contributed by atoms with Crippen molar-refractivity contribution in [3.63, 3.8) is 0 Å². The fourth-order valence-corrected chi connectivity index (χ4v) is 0. The summed E-state index contributed by atoms with van der Waals surface area (Å²) in [6.45, 7) is 0. The van der Waals surface area contributed by atoms with Crippen molar-refractivity contribution in [1.82, 2.24) is 0 Å². The molecule has 0 aliphatic rings. The van der Waals surface area contributed by atoms with E-state index in [2.05, 4.69) is 0 Å². The first kappa shape index (κ1) is 31.8. The summed E-state index contributed by atoms with van der Waals surface area (Å²) < 4.78 is 0. The van der Waals surface area contributed by atoms with Crippen molar-refractivity contribution in [1.29, 1.82) is 0 Å². The van der Waals surface area contributed by atoms with Crippen molar-refractivity contribution in [3.8, 4) is 0 Å². The molecular weight excluding hydrogens is 259 g/mol. The molecule has 0 aromatic heterocycles. The van der Waals surface area contributed by atoms with E-state index in [0.717, 1.165) is 0 Å². The van der Waals surface area contributed by atoms with Gasteiger partial charge in [0, 0.05) is 77.9 Å². The Kier molecular flexibility index (Phi) is 142. The van der Waals surface area contributed by atoms with Crippen molar-refractivity contribution in [2.45, 2.75) is 0 Å². The van der Waals surface area contributed by atoms with Crippen molar-refractivity contribution in [2.75, 3.05) is 0 Å². The molecule has 0 unspecified atom stereocenters. The zero-order valence-electron chi connectivity index (χ0n) is 2.23. The standard InChI is InChI=1S/3Al.Hf. The van der Waals surface area contributed by atoms with Crippen LogP contribution in [0.1, 0.15) is 0 Å². The van der Waals surface area contributed by atoms with E-state index in [0.29, 0.717) is 0 Å². The molecule has 0 aliphatic heterocycles. The molecule has 13 valence electrons. The Morgan fingerprint density at radius 2 is 0.500 bits per heavy atom. The summed E-state index contributed by atoms with van der Waals surface area (Å²) in [6.07, 6.45) is 0. The van der Waals surface area contributed by atoms with Crippen molar-refractivity contribution in [2.24, 2.45) is 0 Å². The van der Waals surface area contributed by atoms with Gasteiger partial charge in [-0.3, -0.25) is 0 Å². The van der Waals surface area contributed by atoms with Gasteiger partial charge in [-0.15, -0.1) is 0 Å². The molecule has 0 bridgehead atoms. The molecule has 0 atom stereocenters. The van der Waals surface area contributed by atoms with Crippen LogP contribution in [0.5, 0.6) is 0 Å². The van der Waals surface area contributed by atoms with E-state index in [1.54, 1.807) is 0 Å². The minimum Gasteiger partial charge on any atom is 0 e. The van der Waals surface area contributed by atoms with Crippen LogP contribution >= 0.6 is 0 Å². The van der Waals surface area contributed by atoms with E-state index in [-0.39, 0.29) is 77.9 Å². The second kappa shape index (κ2) is 17.9. The predicted octanol–water partition coefficient (Wildman–Crippen LogP) is -1.14. The first-order valence-electron chi connectivity index (χ1n) is 0. The third kappa shape index (κ3) is 8.82. The van der Waals surface area contributed by atoms with Crippen molar-refractivity contribution < 1.29 is 25.8 Å². The van der Waals surface area contributed by atoms with E-state index in [9.17, 15) is 0 Å². The third-order valence-corrected chi connectivity index (χ3v) is 0. The largest absolute Gasteiger partial charge is 0 e. The average molecular weight is 259 g/mol. The van der Waals surface area contributed by atoms with Gasteiger partial charge in [-0.1, -0.05) is 0 Å². The summed E-state index contributed by atoms with van der Waals surface area (Å²) in [5.41, 5.74) is 0. The Morgan fingerprint density at radius 1 is 0.500 bits per heavy atom. The average Bonchev–Trinajstić information content (AvgIpc) is 0. The van der Waals surface area contributed by atoms with E-state index in [1.165, 1.54) is 0 Å². The van der Waals surface area contributed by atoms with E-state index in [1.807, 2.05) is 0 Å². The van der Waals surface area contributed by atoms with Crippen LogP contribution in [0, 0.1) is 0 Å². The second-order valence-corrected chi connectivity index (χ2v) is 0. The van der Waals surface area contributed by atoms with E-state index < -0.39 is 0 Å². The predicted molar refractivity (Wildman–Crippen MR) is 17.3 cm³/mol. The van der Waals surface area contributed by atoms with Crippen molar-refractivity contribution in [3.05, 3.63) is 0 Å². The minimum atomic E-state index is 0. The van der Waals surface area contributed by atoms with Crippen LogP contribution in [0.25, 0.3) is 0 Å². The van der Waals surface area contributed by atoms with Crippen LogP contribution in [0.15, 0.2) is 0 Å². The molecular formula is Al3Hf. The summed E-state index contributed by atoms with van der Waals surface area (Å²) in [6, 6.07) is 0. The molecule has 0 heterocycles. The summed E-state index contributed by atoms with van der Waals surface area (Å²) in [4.78, 5) is 0. The van der Waals surface area contributed by atoms with E-state index in [4.69, 9.17) is 0 Å². The first-order valence-corrected chi connectivity index (χ1v) is 0. The first-order chi connectivity index (χ1) is 0. The van der Waals surface area contributed by atoms with Crippen LogP contribution in [0.2, 0.25) is 0 Å². The van der Waals surface area contributed by atoms with Gasteiger partial charge in [0.15, 0.2) is 0 Å². The van der Waals surface area contributed by atoms with Gasteiger partial charge in [0.25, 0.3) is 0 Å². The molecule has 0 saturated heterocycles. The maximum atomic E-state index is 0. The number of hydrogen-bond donors (Lipinski definition) is 0. The van der Waals surface area contributed by atoms with Crippen LogP contribution in [-0.4, -0.2) is 52.1 Å². The minimum absolute atomic E-state index is 0. The topological polar surface area (TPSA) is 0 Å². The maximum Gasteiger partial charge on any atom is 0 e. The number of hydrogen-bond acceptors (Lipinski definition) is 0. The van der Waals surface area contributed by atoms with Crippen LogP contribution < -0.4 is 0 Å². The van der Waals surface area contributed by atoms with Gasteiger partial charge in [-0.05, 0) is 0 Å². The Labute approximate surface area is 76.9 Å².